The second-order valence-electron chi connectivity index (χ2n) is 4.76. The van der Waals surface area contributed by atoms with Gasteiger partial charge in [0.15, 0.2) is 0 Å². The quantitative estimate of drug-likeness (QED) is 0.836. The second kappa shape index (κ2) is 5.71. The fourth-order valence-corrected chi connectivity index (χ4v) is 2.71. The summed E-state index contributed by atoms with van der Waals surface area (Å²) in [5.74, 6) is 0.0463. The van der Waals surface area contributed by atoms with Gasteiger partial charge < -0.3 is 11.1 Å². The molecule has 3 N–H and O–H groups in total. The minimum Gasteiger partial charge on any atom is -0.398 e. The number of hydrogen-bond acceptors (Lipinski definition) is 3. The van der Waals surface area contributed by atoms with E-state index in [0.29, 0.717) is 0 Å². The fourth-order valence-electron chi connectivity index (χ4n) is 2.33. The van der Waals surface area contributed by atoms with Crippen molar-refractivity contribution in [3.05, 3.63) is 28.2 Å². The number of amides is 1. The first-order valence-electron chi connectivity index (χ1n) is 6.08. The van der Waals surface area contributed by atoms with Crippen LogP contribution in [-0.2, 0) is 11.3 Å². The van der Waals surface area contributed by atoms with Gasteiger partial charge in [-0.25, -0.2) is 0 Å². The van der Waals surface area contributed by atoms with E-state index >= 15 is 0 Å². The van der Waals surface area contributed by atoms with Crippen molar-refractivity contribution >= 4 is 27.5 Å². The minimum atomic E-state index is 0.0463. The Morgan fingerprint density at radius 1 is 1.61 bits per heavy atom. The van der Waals surface area contributed by atoms with Crippen molar-refractivity contribution in [2.75, 3.05) is 18.8 Å². The molecule has 0 spiro atoms. The molecule has 0 aromatic heterocycles. The van der Waals surface area contributed by atoms with E-state index in [0.717, 1.165) is 41.8 Å². The minimum absolute atomic E-state index is 0.0463. The summed E-state index contributed by atoms with van der Waals surface area (Å²) in [6, 6.07) is 6.26. The molecule has 0 bridgehead atoms. The van der Waals surface area contributed by atoms with Gasteiger partial charge in [-0.15, -0.1) is 0 Å². The number of anilines is 1. The topological polar surface area (TPSA) is 58.4 Å². The zero-order chi connectivity index (χ0) is 13.1. The number of nitrogens with one attached hydrogen (secondary N) is 1. The Morgan fingerprint density at radius 2 is 2.39 bits per heavy atom. The van der Waals surface area contributed by atoms with Crippen LogP contribution < -0.4 is 11.1 Å². The van der Waals surface area contributed by atoms with Crippen molar-refractivity contribution < 1.29 is 4.79 Å². The molecule has 98 valence electrons. The number of rotatable bonds is 3. The molecule has 5 heteroatoms. The van der Waals surface area contributed by atoms with Gasteiger partial charge in [0.2, 0.25) is 5.91 Å². The summed E-state index contributed by atoms with van der Waals surface area (Å²) >= 11 is 3.40. The first-order chi connectivity index (χ1) is 8.54. The maximum atomic E-state index is 11.0. The van der Waals surface area contributed by atoms with Crippen LogP contribution in [-0.4, -0.2) is 29.9 Å². The average molecular weight is 312 g/mol. The van der Waals surface area contributed by atoms with Crippen LogP contribution in [0.1, 0.15) is 18.9 Å². The number of nitrogens with zero attached hydrogens (tertiary/aromatic N) is 1. The summed E-state index contributed by atoms with van der Waals surface area (Å²) in [6.45, 7) is 4.31. The first kappa shape index (κ1) is 13.4. The lowest BCUT2D eigenvalue weighted by Gasteiger charge is -2.17. The largest absolute Gasteiger partial charge is 0.398 e. The molecule has 4 nitrogen and oxygen atoms in total. The highest BCUT2D eigenvalue weighted by Gasteiger charge is 2.23. The molecule has 1 aliphatic rings. The van der Waals surface area contributed by atoms with Gasteiger partial charge in [0.25, 0.3) is 0 Å². The molecular weight excluding hydrogens is 294 g/mol. The van der Waals surface area contributed by atoms with Gasteiger partial charge in [0.05, 0.1) is 0 Å². The SMILES string of the molecule is CC(=O)NC1CCN(Cc2ccc(Br)cc2N)C1. The summed E-state index contributed by atoms with van der Waals surface area (Å²) in [7, 11) is 0. The van der Waals surface area contributed by atoms with Crippen molar-refractivity contribution in [3.63, 3.8) is 0 Å². The lowest BCUT2D eigenvalue weighted by molar-refractivity contribution is -0.119. The van der Waals surface area contributed by atoms with Crippen molar-refractivity contribution in [2.24, 2.45) is 0 Å². The molecule has 1 aromatic carbocycles. The standard InChI is InChI=1S/C13H18BrN3O/c1-9(18)16-12-4-5-17(8-12)7-10-2-3-11(14)6-13(10)15/h2-3,6,12H,4-5,7-8,15H2,1H3,(H,16,18). The van der Waals surface area contributed by atoms with Crippen LogP contribution in [0.2, 0.25) is 0 Å². The van der Waals surface area contributed by atoms with E-state index in [9.17, 15) is 4.79 Å². The molecular formula is C13H18BrN3O. The van der Waals surface area contributed by atoms with Crippen molar-refractivity contribution in [1.29, 1.82) is 0 Å². The Bertz CT molecular complexity index is 450. The molecule has 1 heterocycles. The van der Waals surface area contributed by atoms with Crippen molar-refractivity contribution in [3.8, 4) is 0 Å². The van der Waals surface area contributed by atoms with Crippen LogP contribution in [0.5, 0.6) is 0 Å². The van der Waals surface area contributed by atoms with Crippen LogP contribution in [0.25, 0.3) is 0 Å². The van der Waals surface area contributed by atoms with Gasteiger partial charge in [-0.3, -0.25) is 9.69 Å². The summed E-state index contributed by atoms with van der Waals surface area (Å²) in [5, 5.41) is 2.96. The summed E-state index contributed by atoms with van der Waals surface area (Å²) < 4.78 is 1.00. The van der Waals surface area contributed by atoms with Gasteiger partial charge in [0.1, 0.15) is 0 Å². The summed E-state index contributed by atoms with van der Waals surface area (Å²) in [5.41, 5.74) is 7.94. The van der Waals surface area contributed by atoms with E-state index in [1.807, 2.05) is 18.2 Å². The third-order valence-electron chi connectivity index (χ3n) is 3.18. The first-order valence-corrected chi connectivity index (χ1v) is 6.87. The number of likely N-dealkylation sites (tertiary alicyclic amines) is 1. The van der Waals surface area contributed by atoms with Gasteiger partial charge in [-0.2, -0.15) is 0 Å². The predicted molar refractivity (Wildman–Crippen MR) is 76.1 cm³/mol. The van der Waals surface area contributed by atoms with E-state index in [-0.39, 0.29) is 11.9 Å². The molecule has 1 aliphatic heterocycles. The Balaban J connectivity index is 1.93. The average Bonchev–Trinajstić information content (AvgIpc) is 2.69. The van der Waals surface area contributed by atoms with E-state index < -0.39 is 0 Å². The lowest BCUT2D eigenvalue weighted by atomic mass is 10.2. The predicted octanol–water partition coefficient (Wildman–Crippen LogP) is 1.74. The Labute approximate surface area is 116 Å². The Kier molecular flexibility index (Phi) is 4.24. The number of hydrogen-bond donors (Lipinski definition) is 2. The van der Waals surface area contributed by atoms with Crippen molar-refractivity contribution in [2.45, 2.75) is 25.9 Å². The highest BCUT2D eigenvalue weighted by atomic mass is 79.9. The molecule has 0 aliphatic carbocycles. The summed E-state index contributed by atoms with van der Waals surface area (Å²) in [6.07, 6.45) is 1.01. The van der Waals surface area contributed by atoms with Gasteiger partial charge in [-0.05, 0) is 24.1 Å². The molecule has 1 aromatic rings. The number of benzene rings is 1. The highest BCUT2D eigenvalue weighted by molar-refractivity contribution is 9.10. The fraction of sp³-hybridized carbons (Fsp3) is 0.462. The Hall–Kier alpha value is -1.07. The van der Waals surface area contributed by atoms with Crippen LogP contribution in [0, 0.1) is 0 Å². The smallest absolute Gasteiger partial charge is 0.217 e. The van der Waals surface area contributed by atoms with Crippen LogP contribution >= 0.6 is 15.9 Å². The third-order valence-corrected chi connectivity index (χ3v) is 3.67. The zero-order valence-electron chi connectivity index (χ0n) is 10.4. The second-order valence-corrected chi connectivity index (χ2v) is 5.68. The van der Waals surface area contributed by atoms with E-state index in [1.54, 1.807) is 6.92 Å². The van der Waals surface area contributed by atoms with E-state index in [1.165, 1.54) is 0 Å². The van der Waals surface area contributed by atoms with Crippen molar-refractivity contribution in [1.82, 2.24) is 10.2 Å². The number of nitrogens with two attached hydrogens (primary N) is 1. The third kappa shape index (κ3) is 3.46. The Morgan fingerprint density at radius 3 is 3.06 bits per heavy atom. The van der Waals surface area contributed by atoms with E-state index in [4.69, 9.17) is 5.73 Å². The molecule has 1 fully saturated rings. The molecule has 18 heavy (non-hydrogen) atoms. The number of halogens is 1. The lowest BCUT2D eigenvalue weighted by Crippen LogP contribution is -2.35. The zero-order valence-corrected chi connectivity index (χ0v) is 12.0. The molecule has 1 unspecified atom stereocenters. The summed E-state index contributed by atoms with van der Waals surface area (Å²) in [4.78, 5) is 13.3. The highest BCUT2D eigenvalue weighted by Crippen LogP contribution is 2.21. The number of carbonyl (C=O) groups excluding carboxylic acids is 1. The van der Waals surface area contributed by atoms with E-state index in [2.05, 4.69) is 26.1 Å². The normalized spacial score (nSPS) is 20.0. The monoisotopic (exact) mass is 311 g/mol. The number of carbonyl (C=O) groups is 1. The molecule has 2 rings (SSSR count). The molecule has 0 saturated carbocycles. The molecule has 0 radical (unpaired) electrons. The van der Waals surface area contributed by atoms with Gasteiger partial charge in [0, 0.05) is 42.8 Å². The van der Waals surface area contributed by atoms with Crippen LogP contribution in [0.15, 0.2) is 22.7 Å². The van der Waals surface area contributed by atoms with Crippen LogP contribution in [0.3, 0.4) is 0 Å². The maximum Gasteiger partial charge on any atom is 0.217 e. The molecule has 1 saturated heterocycles. The number of nitrogen functional groups attached to an aromatic ring is 1. The molecule has 1 amide bonds. The van der Waals surface area contributed by atoms with Gasteiger partial charge >= 0.3 is 0 Å². The maximum absolute atomic E-state index is 11.0. The van der Waals surface area contributed by atoms with Crippen LogP contribution in [0.4, 0.5) is 5.69 Å². The molecule has 1 atom stereocenters. The van der Waals surface area contributed by atoms with Gasteiger partial charge in [-0.1, -0.05) is 22.0 Å².